The minimum atomic E-state index is -3.95. The number of fused-ring (bicyclic) bond motifs is 1. The van der Waals surface area contributed by atoms with Crippen LogP contribution in [-0.2, 0) is 10.1 Å². The van der Waals surface area contributed by atoms with Gasteiger partial charge in [-0.05, 0) is 53.6 Å². The lowest BCUT2D eigenvalue weighted by molar-refractivity contribution is 0.486. The highest BCUT2D eigenvalue weighted by atomic mass is 32.2. The van der Waals surface area contributed by atoms with Crippen LogP contribution in [0.4, 0.5) is 0 Å². The second-order valence-electron chi connectivity index (χ2n) is 5.14. The molecule has 0 atom stereocenters. The molecule has 0 aliphatic carbocycles. The Morgan fingerprint density at radius 2 is 1.70 bits per heavy atom. The van der Waals surface area contributed by atoms with Crippen molar-refractivity contribution in [3.8, 4) is 11.8 Å². The third-order valence-electron chi connectivity index (χ3n) is 3.50. The first kappa shape index (κ1) is 15.1. The van der Waals surface area contributed by atoms with Crippen LogP contribution >= 0.6 is 0 Å². The number of benzene rings is 3. The summed E-state index contributed by atoms with van der Waals surface area (Å²) in [5.74, 6) is 0.257. The zero-order valence-corrected chi connectivity index (χ0v) is 13.2. The molecule has 0 N–H and O–H groups in total. The van der Waals surface area contributed by atoms with Crippen LogP contribution in [0.3, 0.4) is 0 Å². The molecule has 114 valence electrons. The molecule has 0 radical (unpaired) electrons. The summed E-state index contributed by atoms with van der Waals surface area (Å²) in [5, 5.41) is 10.8. The predicted molar refractivity (Wildman–Crippen MR) is 87.7 cm³/mol. The second-order valence-corrected chi connectivity index (χ2v) is 6.65. The van der Waals surface area contributed by atoms with Crippen molar-refractivity contribution in [3.63, 3.8) is 0 Å². The largest absolute Gasteiger partial charge is 0.379 e. The average Bonchev–Trinajstić information content (AvgIpc) is 2.54. The van der Waals surface area contributed by atoms with Crippen LogP contribution < -0.4 is 4.18 Å². The first-order chi connectivity index (χ1) is 11.0. The van der Waals surface area contributed by atoms with Crippen LogP contribution in [0.2, 0.25) is 0 Å². The second kappa shape index (κ2) is 5.75. The molecular formula is C18H13NO3S. The van der Waals surface area contributed by atoms with Gasteiger partial charge < -0.3 is 4.18 Å². The molecule has 0 saturated carbocycles. The van der Waals surface area contributed by atoms with Crippen LogP contribution in [0.25, 0.3) is 10.8 Å². The number of hydrogen-bond donors (Lipinski definition) is 0. The van der Waals surface area contributed by atoms with E-state index in [0.717, 1.165) is 10.8 Å². The lowest BCUT2D eigenvalue weighted by Gasteiger charge is -2.10. The van der Waals surface area contributed by atoms with Crippen molar-refractivity contribution in [1.29, 1.82) is 5.26 Å². The smallest absolute Gasteiger partial charge is 0.339 e. The van der Waals surface area contributed by atoms with Crippen molar-refractivity contribution < 1.29 is 12.6 Å². The highest BCUT2D eigenvalue weighted by Crippen LogP contribution is 2.25. The first-order valence-corrected chi connectivity index (χ1v) is 8.34. The summed E-state index contributed by atoms with van der Waals surface area (Å²) in [6.07, 6.45) is 0. The fourth-order valence-corrected chi connectivity index (χ4v) is 3.53. The highest BCUT2D eigenvalue weighted by molar-refractivity contribution is 7.87. The minimum Gasteiger partial charge on any atom is -0.379 e. The molecule has 23 heavy (non-hydrogen) atoms. The quantitative estimate of drug-likeness (QED) is 0.688. The van der Waals surface area contributed by atoms with Gasteiger partial charge in [0.25, 0.3) is 0 Å². The number of rotatable bonds is 3. The molecule has 0 saturated heterocycles. The van der Waals surface area contributed by atoms with E-state index in [4.69, 9.17) is 9.44 Å². The molecule has 0 amide bonds. The van der Waals surface area contributed by atoms with Crippen LogP contribution in [0.1, 0.15) is 11.1 Å². The zero-order valence-electron chi connectivity index (χ0n) is 12.4. The minimum absolute atomic E-state index is 0.0599. The molecule has 4 nitrogen and oxygen atoms in total. The van der Waals surface area contributed by atoms with Crippen LogP contribution in [-0.4, -0.2) is 8.42 Å². The van der Waals surface area contributed by atoms with E-state index in [0.29, 0.717) is 11.1 Å². The Hall–Kier alpha value is -2.84. The predicted octanol–water partition coefficient (Wildman–Crippen LogP) is 3.79. The van der Waals surface area contributed by atoms with Gasteiger partial charge in [0.15, 0.2) is 0 Å². The van der Waals surface area contributed by atoms with Crippen LogP contribution in [0.5, 0.6) is 5.75 Å². The van der Waals surface area contributed by atoms with E-state index in [9.17, 15) is 8.42 Å². The maximum Gasteiger partial charge on any atom is 0.339 e. The van der Waals surface area contributed by atoms with E-state index >= 15 is 0 Å². The Kier molecular flexibility index (Phi) is 3.77. The molecular weight excluding hydrogens is 310 g/mol. The Morgan fingerprint density at radius 1 is 0.957 bits per heavy atom. The van der Waals surface area contributed by atoms with Gasteiger partial charge in [-0.25, -0.2) is 0 Å². The normalized spacial score (nSPS) is 11.1. The summed E-state index contributed by atoms with van der Waals surface area (Å²) < 4.78 is 30.1. The van der Waals surface area contributed by atoms with Gasteiger partial charge in [0.1, 0.15) is 10.6 Å². The molecule has 5 heteroatoms. The van der Waals surface area contributed by atoms with E-state index in [-0.39, 0.29) is 10.6 Å². The Morgan fingerprint density at radius 3 is 2.39 bits per heavy atom. The van der Waals surface area contributed by atoms with E-state index < -0.39 is 10.1 Å². The summed E-state index contributed by atoms with van der Waals surface area (Å²) in [6, 6.07) is 19.1. The SMILES string of the molecule is Cc1cc(C#N)ccc1S(=O)(=O)Oc1ccc2ccccc2c1. The molecule has 0 bridgehead atoms. The van der Waals surface area contributed by atoms with E-state index in [1.165, 1.54) is 18.2 Å². The van der Waals surface area contributed by atoms with Gasteiger partial charge in [-0.1, -0.05) is 30.3 Å². The van der Waals surface area contributed by atoms with Crippen molar-refractivity contribution in [2.45, 2.75) is 11.8 Å². The molecule has 0 aromatic heterocycles. The van der Waals surface area contributed by atoms with Gasteiger partial charge in [-0.15, -0.1) is 0 Å². The summed E-state index contributed by atoms with van der Waals surface area (Å²) in [6.45, 7) is 1.64. The maximum atomic E-state index is 12.5. The van der Waals surface area contributed by atoms with Gasteiger partial charge in [-0.3, -0.25) is 0 Å². The topological polar surface area (TPSA) is 67.2 Å². The molecule has 0 aliphatic rings. The molecule has 0 aliphatic heterocycles. The van der Waals surface area contributed by atoms with Crippen molar-refractivity contribution in [3.05, 3.63) is 71.8 Å². The Balaban J connectivity index is 1.98. The summed E-state index contributed by atoms with van der Waals surface area (Å²) in [5.41, 5.74) is 0.886. The zero-order chi connectivity index (χ0) is 16.4. The number of nitrogens with zero attached hydrogens (tertiary/aromatic N) is 1. The van der Waals surface area contributed by atoms with Crippen LogP contribution in [0, 0.1) is 18.3 Å². The Labute approximate surface area is 134 Å². The number of hydrogen-bond acceptors (Lipinski definition) is 4. The third-order valence-corrected chi connectivity index (χ3v) is 4.91. The Bertz CT molecular complexity index is 1030. The molecule has 0 heterocycles. The van der Waals surface area contributed by atoms with Gasteiger partial charge in [0.05, 0.1) is 11.6 Å². The van der Waals surface area contributed by atoms with Crippen LogP contribution in [0.15, 0.2) is 65.6 Å². The number of aryl methyl sites for hydroxylation is 1. The molecule has 0 unspecified atom stereocenters. The molecule has 3 rings (SSSR count). The highest BCUT2D eigenvalue weighted by Gasteiger charge is 2.19. The lowest BCUT2D eigenvalue weighted by Crippen LogP contribution is -2.11. The van der Waals surface area contributed by atoms with E-state index in [1.807, 2.05) is 36.4 Å². The van der Waals surface area contributed by atoms with E-state index in [2.05, 4.69) is 0 Å². The fraction of sp³-hybridized carbons (Fsp3) is 0.0556. The van der Waals surface area contributed by atoms with E-state index in [1.54, 1.807) is 19.1 Å². The standard InChI is InChI=1S/C18H13NO3S/c1-13-10-14(12-19)6-9-18(13)23(20,21)22-17-8-7-15-4-2-3-5-16(15)11-17/h2-11H,1H3. The van der Waals surface area contributed by atoms with Crippen molar-refractivity contribution >= 4 is 20.9 Å². The van der Waals surface area contributed by atoms with Crippen molar-refractivity contribution in [2.24, 2.45) is 0 Å². The summed E-state index contributed by atoms with van der Waals surface area (Å²) in [4.78, 5) is 0.0599. The molecule has 0 fully saturated rings. The van der Waals surface area contributed by atoms with Gasteiger partial charge in [0, 0.05) is 0 Å². The monoisotopic (exact) mass is 323 g/mol. The summed E-state index contributed by atoms with van der Waals surface area (Å²) in [7, 11) is -3.95. The fourth-order valence-electron chi connectivity index (χ4n) is 2.39. The van der Waals surface area contributed by atoms with Gasteiger partial charge >= 0.3 is 10.1 Å². The first-order valence-electron chi connectivity index (χ1n) is 6.94. The third kappa shape index (κ3) is 3.03. The molecule has 0 spiro atoms. The van der Waals surface area contributed by atoms with Crippen molar-refractivity contribution in [1.82, 2.24) is 0 Å². The average molecular weight is 323 g/mol. The van der Waals surface area contributed by atoms with Gasteiger partial charge in [0.2, 0.25) is 0 Å². The summed E-state index contributed by atoms with van der Waals surface area (Å²) >= 11 is 0. The van der Waals surface area contributed by atoms with Gasteiger partial charge in [-0.2, -0.15) is 13.7 Å². The molecule has 3 aromatic carbocycles. The lowest BCUT2D eigenvalue weighted by atomic mass is 10.1. The van der Waals surface area contributed by atoms with Crippen molar-refractivity contribution in [2.75, 3.05) is 0 Å². The number of nitriles is 1. The molecule has 3 aromatic rings. The maximum absolute atomic E-state index is 12.5.